The summed E-state index contributed by atoms with van der Waals surface area (Å²) in [5.41, 5.74) is 2.96. The average molecular weight is 352 g/mol. The van der Waals surface area contributed by atoms with Gasteiger partial charge in [0.25, 0.3) is 0 Å². The Kier molecular flexibility index (Phi) is 5.12. The van der Waals surface area contributed by atoms with Gasteiger partial charge in [-0.3, -0.25) is 0 Å². The molecule has 26 heavy (non-hydrogen) atoms. The van der Waals surface area contributed by atoms with Gasteiger partial charge in [-0.1, -0.05) is 48.9 Å². The van der Waals surface area contributed by atoms with Crippen LogP contribution >= 0.6 is 0 Å². The molecule has 0 spiro atoms. The lowest BCUT2D eigenvalue weighted by Gasteiger charge is -2.08. The maximum absolute atomic E-state index is 14.4. The third kappa shape index (κ3) is 3.80. The van der Waals surface area contributed by atoms with E-state index in [2.05, 4.69) is 0 Å². The van der Waals surface area contributed by atoms with Crippen molar-refractivity contribution in [2.75, 3.05) is 0 Å². The standard InChI is InChI=1S/C22H18F2O2/c1-3-15-8-10-18(13-20(15)23)26-22(25)19-11-9-17(12-21(19)24)16-6-4-14(2)5-7-16/h4-13H,3H2,1-2H3. The van der Waals surface area contributed by atoms with Crippen molar-refractivity contribution >= 4 is 5.97 Å². The number of esters is 1. The van der Waals surface area contributed by atoms with Crippen LogP contribution in [0.5, 0.6) is 5.75 Å². The summed E-state index contributed by atoms with van der Waals surface area (Å²) in [6.45, 7) is 3.80. The van der Waals surface area contributed by atoms with Gasteiger partial charge in [0.2, 0.25) is 0 Å². The highest BCUT2D eigenvalue weighted by Crippen LogP contribution is 2.24. The van der Waals surface area contributed by atoms with Gasteiger partial charge in [-0.15, -0.1) is 0 Å². The third-order valence-corrected chi connectivity index (χ3v) is 4.19. The molecule has 0 aromatic heterocycles. The van der Waals surface area contributed by atoms with Crippen LogP contribution in [0.25, 0.3) is 11.1 Å². The minimum atomic E-state index is -0.860. The van der Waals surface area contributed by atoms with Crippen LogP contribution in [0.15, 0.2) is 60.7 Å². The molecule has 4 heteroatoms. The van der Waals surface area contributed by atoms with E-state index < -0.39 is 17.6 Å². The summed E-state index contributed by atoms with van der Waals surface area (Å²) in [5.74, 6) is -1.94. The Morgan fingerprint density at radius 3 is 2.19 bits per heavy atom. The molecule has 0 radical (unpaired) electrons. The predicted octanol–water partition coefficient (Wildman–Crippen LogP) is 5.72. The quantitative estimate of drug-likeness (QED) is 0.443. The maximum atomic E-state index is 14.4. The van der Waals surface area contributed by atoms with E-state index >= 15 is 0 Å². The van der Waals surface area contributed by atoms with E-state index in [1.54, 1.807) is 12.1 Å². The Labute approximate surface area is 151 Å². The number of ether oxygens (including phenoxy) is 1. The van der Waals surface area contributed by atoms with E-state index in [1.165, 1.54) is 18.2 Å². The minimum absolute atomic E-state index is 0.0479. The number of hydrogen-bond acceptors (Lipinski definition) is 2. The Morgan fingerprint density at radius 1 is 0.885 bits per heavy atom. The predicted molar refractivity (Wildman–Crippen MR) is 97.3 cm³/mol. The summed E-state index contributed by atoms with van der Waals surface area (Å²) in [5, 5.41) is 0. The molecule has 0 fully saturated rings. The van der Waals surface area contributed by atoms with Crippen LogP contribution in [-0.2, 0) is 6.42 Å². The van der Waals surface area contributed by atoms with Gasteiger partial charge in [0, 0.05) is 6.07 Å². The summed E-state index contributed by atoms with van der Waals surface area (Å²) in [4.78, 5) is 12.2. The van der Waals surface area contributed by atoms with Crippen molar-refractivity contribution in [3.8, 4) is 16.9 Å². The molecule has 0 saturated heterocycles. The monoisotopic (exact) mass is 352 g/mol. The number of aryl methyl sites for hydroxylation is 2. The molecule has 0 unspecified atom stereocenters. The molecule has 0 amide bonds. The largest absolute Gasteiger partial charge is 0.423 e. The van der Waals surface area contributed by atoms with Crippen molar-refractivity contribution in [3.05, 3.63) is 89.0 Å². The Hall–Kier alpha value is -3.01. The van der Waals surface area contributed by atoms with E-state index in [4.69, 9.17) is 4.74 Å². The lowest BCUT2D eigenvalue weighted by molar-refractivity contribution is 0.0729. The van der Waals surface area contributed by atoms with Crippen LogP contribution in [0, 0.1) is 18.6 Å². The van der Waals surface area contributed by atoms with Gasteiger partial charge in [0.1, 0.15) is 17.4 Å². The number of rotatable bonds is 4. The van der Waals surface area contributed by atoms with Crippen LogP contribution in [0.4, 0.5) is 8.78 Å². The van der Waals surface area contributed by atoms with E-state index in [0.29, 0.717) is 17.5 Å². The molecule has 0 saturated carbocycles. The molecular weight excluding hydrogens is 334 g/mol. The second kappa shape index (κ2) is 7.48. The average Bonchev–Trinajstić information content (AvgIpc) is 2.62. The number of halogens is 2. The normalized spacial score (nSPS) is 10.6. The van der Waals surface area contributed by atoms with Gasteiger partial charge in [-0.25, -0.2) is 13.6 Å². The van der Waals surface area contributed by atoms with Crippen molar-refractivity contribution in [1.29, 1.82) is 0 Å². The molecule has 0 aliphatic heterocycles. The number of carbonyl (C=O) groups excluding carboxylic acids is 1. The Morgan fingerprint density at radius 2 is 1.58 bits per heavy atom. The molecule has 0 bridgehead atoms. The Bertz CT molecular complexity index is 947. The van der Waals surface area contributed by atoms with Crippen LogP contribution in [-0.4, -0.2) is 5.97 Å². The molecule has 0 heterocycles. The van der Waals surface area contributed by atoms with E-state index in [1.807, 2.05) is 38.1 Å². The van der Waals surface area contributed by atoms with Crippen LogP contribution < -0.4 is 4.74 Å². The van der Waals surface area contributed by atoms with Gasteiger partial charge >= 0.3 is 5.97 Å². The molecule has 3 rings (SSSR count). The van der Waals surface area contributed by atoms with Crippen LogP contribution in [0.2, 0.25) is 0 Å². The Balaban J connectivity index is 1.81. The lowest BCUT2D eigenvalue weighted by atomic mass is 10.0. The second-order valence-corrected chi connectivity index (χ2v) is 6.06. The number of hydrogen-bond donors (Lipinski definition) is 0. The summed E-state index contributed by atoms with van der Waals surface area (Å²) < 4.78 is 33.3. The van der Waals surface area contributed by atoms with Gasteiger partial charge in [0.15, 0.2) is 0 Å². The molecule has 0 aliphatic rings. The van der Waals surface area contributed by atoms with Crippen molar-refractivity contribution < 1.29 is 18.3 Å². The zero-order valence-corrected chi connectivity index (χ0v) is 14.6. The first-order valence-electron chi connectivity index (χ1n) is 8.35. The zero-order valence-electron chi connectivity index (χ0n) is 14.6. The first-order chi connectivity index (χ1) is 12.5. The highest BCUT2D eigenvalue weighted by molar-refractivity contribution is 5.92. The van der Waals surface area contributed by atoms with Crippen LogP contribution in [0.3, 0.4) is 0 Å². The molecule has 0 N–H and O–H groups in total. The van der Waals surface area contributed by atoms with Crippen molar-refractivity contribution in [2.24, 2.45) is 0 Å². The minimum Gasteiger partial charge on any atom is -0.423 e. The molecule has 3 aromatic rings. The first-order valence-corrected chi connectivity index (χ1v) is 8.35. The fraction of sp³-hybridized carbons (Fsp3) is 0.136. The summed E-state index contributed by atoms with van der Waals surface area (Å²) in [7, 11) is 0. The molecule has 3 aromatic carbocycles. The topological polar surface area (TPSA) is 26.3 Å². The fourth-order valence-electron chi connectivity index (χ4n) is 2.65. The molecular formula is C22H18F2O2. The zero-order chi connectivity index (χ0) is 18.7. The van der Waals surface area contributed by atoms with Crippen molar-refractivity contribution in [2.45, 2.75) is 20.3 Å². The first kappa shape index (κ1) is 17.8. The highest BCUT2D eigenvalue weighted by atomic mass is 19.1. The smallest absolute Gasteiger partial charge is 0.346 e. The van der Waals surface area contributed by atoms with Gasteiger partial charge in [-0.2, -0.15) is 0 Å². The van der Waals surface area contributed by atoms with E-state index in [9.17, 15) is 13.6 Å². The summed E-state index contributed by atoms with van der Waals surface area (Å²) in [6, 6.07) is 16.2. The molecule has 132 valence electrons. The number of benzene rings is 3. The van der Waals surface area contributed by atoms with Gasteiger partial charge < -0.3 is 4.74 Å². The van der Waals surface area contributed by atoms with Crippen molar-refractivity contribution in [3.63, 3.8) is 0 Å². The third-order valence-electron chi connectivity index (χ3n) is 4.19. The van der Waals surface area contributed by atoms with E-state index in [-0.39, 0.29) is 11.3 Å². The lowest BCUT2D eigenvalue weighted by Crippen LogP contribution is -2.11. The maximum Gasteiger partial charge on any atom is 0.346 e. The molecule has 2 nitrogen and oxygen atoms in total. The number of carbonyl (C=O) groups is 1. The fourth-order valence-corrected chi connectivity index (χ4v) is 2.65. The SMILES string of the molecule is CCc1ccc(OC(=O)c2ccc(-c3ccc(C)cc3)cc2F)cc1F. The summed E-state index contributed by atoms with van der Waals surface area (Å²) in [6.07, 6.45) is 0.537. The summed E-state index contributed by atoms with van der Waals surface area (Å²) >= 11 is 0. The van der Waals surface area contributed by atoms with Crippen molar-refractivity contribution in [1.82, 2.24) is 0 Å². The highest BCUT2D eigenvalue weighted by Gasteiger charge is 2.16. The van der Waals surface area contributed by atoms with E-state index in [0.717, 1.165) is 17.2 Å². The van der Waals surface area contributed by atoms with Gasteiger partial charge in [-0.05, 0) is 48.2 Å². The van der Waals surface area contributed by atoms with Gasteiger partial charge in [0.05, 0.1) is 5.56 Å². The second-order valence-electron chi connectivity index (χ2n) is 6.06. The molecule has 0 atom stereocenters. The van der Waals surface area contributed by atoms with Crippen LogP contribution in [0.1, 0.15) is 28.4 Å². The molecule has 0 aliphatic carbocycles.